The number of rotatable bonds is 6. The molecular weight excluding hydrogens is 424 g/mol. The molecule has 7 nitrogen and oxygen atoms in total. The maximum absolute atomic E-state index is 12.0. The molecule has 0 atom stereocenters. The van der Waals surface area contributed by atoms with Crippen LogP contribution in [0.15, 0.2) is 60.8 Å². The maximum atomic E-state index is 12.0. The van der Waals surface area contributed by atoms with E-state index in [-0.39, 0.29) is 5.69 Å². The van der Waals surface area contributed by atoms with Gasteiger partial charge in [-0.25, -0.2) is 9.97 Å². The Bertz CT molecular complexity index is 1100. The second kappa shape index (κ2) is 10.1. The Balaban J connectivity index is 1.26. The second-order valence-electron chi connectivity index (χ2n) is 9.18. The van der Waals surface area contributed by atoms with E-state index in [4.69, 9.17) is 10.7 Å². The average Bonchev–Trinajstić information content (AvgIpc) is 2.90. The van der Waals surface area contributed by atoms with Crippen molar-refractivity contribution in [3.63, 3.8) is 0 Å². The van der Waals surface area contributed by atoms with Crippen molar-refractivity contribution in [3.8, 4) is 0 Å². The molecule has 176 valence electrons. The van der Waals surface area contributed by atoms with E-state index in [0.717, 1.165) is 63.4 Å². The van der Waals surface area contributed by atoms with E-state index in [1.807, 2.05) is 0 Å². The van der Waals surface area contributed by atoms with Crippen LogP contribution >= 0.6 is 0 Å². The summed E-state index contributed by atoms with van der Waals surface area (Å²) in [5.74, 6) is 1.17. The van der Waals surface area contributed by atoms with Crippen LogP contribution in [0.4, 0.5) is 23.0 Å². The van der Waals surface area contributed by atoms with E-state index in [2.05, 4.69) is 74.7 Å². The van der Waals surface area contributed by atoms with Gasteiger partial charge < -0.3 is 20.9 Å². The number of hydrogen-bond acceptors (Lipinski definition) is 6. The minimum atomic E-state index is -0.581. The summed E-state index contributed by atoms with van der Waals surface area (Å²) in [5, 5.41) is 3.28. The number of primary amides is 1. The summed E-state index contributed by atoms with van der Waals surface area (Å²) in [6, 6.07) is 19.1. The summed E-state index contributed by atoms with van der Waals surface area (Å²) in [4.78, 5) is 25.7. The van der Waals surface area contributed by atoms with Crippen molar-refractivity contribution in [2.24, 2.45) is 5.73 Å². The number of hydrogen-bond donors (Lipinski definition) is 2. The number of para-hydroxylation sites is 1. The number of aromatic nitrogens is 2. The van der Waals surface area contributed by atoms with Crippen LogP contribution in [0.25, 0.3) is 0 Å². The molecule has 0 saturated carbocycles. The van der Waals surface area contributed by atoms with Gasteiger partial charge in [-0.2, -0.15) is 0 Å². The fourth-order valence-corrected chi connectivity index (χ4v) is 5.01. The zero-order chi connectivity index (χ0) is 23.3. The summed E-state index contributed by atoms with van der Waals surface area (Å²) in [5.41, 5.74) is 9.26. The molecule has 3 aromatic rings. The molecule has 1 aromatic heterocycles. The lowest BCUT2D eigenvalue weighted by Gasteiger charge is -2.34. The lowest BCUT2D eigenvalue weighted by Crippen LogP contribution is -2.32. The Kier molecular flexibility index (Phi) is 6.60. The van der Waals surface area contributed by atoms with Gasteiger partial charge >= 0.3 is 0 Å². The summed E-state index contributed by atoms with van der Waals surface area (Å²) in [6.07, 6.45) is 7.46. The van der Waals surface area contributed by atoms with Gasteiger partial charge in [-0.3, -0.25) is 4.79 Å². The van der Waals surface area contributed by atoms with Gasteiger partial charge in [0, 0.05) is 37.6 Å². The molecule has 3 heterocycles. The quantitative estimate of drug-likeness (QED) is 0.559. The van der Waals surface area contributed by atoms with Crippen LogP contribution in [0.2, 0.25) is 0 Å². The number of carbonyl (C=O) groups excluding carboxylic acids is 1. The first-order valence-corrected chi connectivity index (χ1v) is 12.3. The molecule has 3 N–H and O–H groups in total. The molecule has 7 heteroatoms. The zero-order valence-corrected chi connectivity index (χ0v) is 19.5. The van der Waals surface area contributed by atoms with Crippen molar-refractivity contribution < 1.29 is 4.79 Å². The average molecular weight is 457 g/mol. The van der Waals surface area contributed by atoms with E-state index < -0.39 is 5.91 Å². The molecule has 34 heavy (non-hydrogen) atoms. The smallest absolute Gasteiger partial charge is 0.271 e. The highest BCUT2D eigenvalue weighted by Gasteiger charge is 2.21. The van der Waals surface area contributed by atoms with Crippen LogP contribution in [0.5, 0.6) is 0 Å². The summed E-state index contributed by atoms with van der Waals surface area (Å²) in [6.45, 7) is 4.05. The standard InChI is InChI=1S/C27H32N6O/c28-26(34)25-27(31-24(19-29-25)33-15-5-2-6-16-33)30-22-11-9-20(10-12-22)21-13-17-32(18-14-21)23-7-3-1-4-8-23/h1,3-4,7-12,19,21H,2,5-6,13-18H2,(H2,28,34)(H,30,31). The predicted octanol–water partition coefficient (Wildman–Crippen LogP) is 4.69. The van der Waals surface area contributed by atoms with E-state index in [9.17, 15) is 4.79 Å². The first-order valence-electron chi connectivity index (χ1n) is 12.3. The first-order chi connectivity index (χ1) is 16.7. The Morgan fingerprint density at radius 1 is 0.882 bits per heavy atom. The highest BCUT2D eigenvalue weighted by molar-refractivity contribution is 5.96. The molecule has 5 rings (SSSR count). The molecule has 0 radical (unpaired) electrons. The summed E-state index contributed by atoms with van der Waals surface area (Å²) < 4.78 is 0. The van der Waals surface area contributed by atoms with Crippen molar-refractivity contribution >= 4 is 28.9 Å². The van der Waals surface area contributed by atoms with Crippen molar-refractivity contribution in [1.29, 1.82) is 0 Å². The highest BCUT2D eigenvalue weighted by atomic mass is 16.1. The maximum Gasteiger partial charge on any atom is 0.271 e. The number of piperidine rings is 2. The van der Waals surface area contributed by atoms with Crippen LogP contribution in [0, 0.1) is 0 Å². The molecule has 2 aromatic carbocycles. The van der Waals surface area contributed by atoms with Crippen molar-refractivity contribution in [2.45, 2.75) is 38.0 Å². The molecule has 2 aliphatic rings. The SMILES string of the molecule is NC(=O)c1ncc(N2CCCCC2)nc1Nc1ccc(C2CCN(c3ccccc3)CC2)cc1. The summed E-state index contributed by atoms with van der Waals surface area (Å²) in [7, 11) is 0. The monoisotopic (exact) mass is 456 g/mol. The second-order valence-corrected chi connectivity index (χ2v) is 9.18. The lowest BCUT2D eigenvalue weighted by molar-refractivity contribution is 0.0996. The Morgan fingerprint density at radius 3 is 2.26 bits per heavy atom. The van der Waals surface area contributed by atoms with Gasteiger partial charge in [-0.1, -0.05) is 30.3 Å². The topological polar surface area (TPSA) is 87.4 Å². The van der Waals surface area contributed by atoms with Crippen LogP contribution in [0.1, 0.15) is 54.1 Å². The highest BCUT2D eigenvalue weighted by Crippen LogP contribution is 2.31. The van der Waals surface area contributed by atoms with Gasteiger partial charge in [0.25, 0.3) is 5.91 Å². The van der Waals surface area contributed by atoms with Gasteiger partial charge in [0.2, 0.25) is 0 Å². The van der Waals surface area contributed by atoms with Gasteiger partial charge in [0.15, 0.2) is 11.5 Å². The van der Waals surface area contributed by atoms with E-state index >= 15 is 0 Å². The molecule has 0 unspecified atom stereocenters. The number of carbonyl (C=O) groups is 1. The molecule has 0 spiro atoms. The Morgan fingerprint density at radius 2 is 1.59 bits per heavy atom. The molecule has 0 bridgehead atoms. The number of nitrogens with one attached hydrogen (secondary N) is 1. The summed E-state index contributed by atoms with van der Waals surface area (Å²) >= 11 is 0. The van der Waals surface area contributed by atoms with Crippen LogP contribution in [-0.4, -0.2) is 42.1 Å². The molecular formula is C27H32N6O. The number of nitrogens with two attached hydrogens (primary N) is 1. The molecule has 1 amide bonds. The Hall–Kier alpha value is -3.61. The minimum Gasteiger partial charge on any atom is -0.371 e. The van der Waals surface area contributed by atoms with E-state index in [1.165, 1.54) is 17.7 Å². The molecule has 2 saturated heterocycles. The third kappa shape index (κ3) is 4.98. The van der Waals surface area contributed by atoms with Crippen molar-refractivity contribution in [1.82, 2.24) is 9.97 Å². The van der Waals surface area contributed by atoms with Crippen LogP contribution < -0.4 is 20.9 Å². The number of amides is 1. The molecule has 0 aliphatic carbocycles. The molecule has 2 aliphatic heterocycles. The fraction of sp³-hybridized carbons (Fsp3) is 0.370. The van der Waals surface area contributed by atoms with Gasteiger partial charge in [-0.05, 0) is 67.9 Å². The van der Waals surface area contributed by atoms with E-state index in [0.29, 0.717) is 11.7 Å². The number of nitrogens with zero attached hydrogens (tertiary/aromatic N) is 4. The Labute approximate surface area is 201 Å². The zero-order valence-electron chi connectivity index (χ0n) is 19.5. The normalized spacial score (nSPS) is 16.9. The number of benzene rings is 2. The van der Waals surface area contributed by atoms with Crippen molar-refractivity contribution in [3.05, 3.63) is 72.1 Å². The van der Waals surface area contributed by atoms with Gasteiger partial charge in [0.1, 0.15) is 5.82 Å². The lowest BCUT2D eigenvalue weighted by atomic mass is 9.89. The third-order valence-electron chi connectivity index (χ3n) is 6.93. The minimum absolute atomic E-state index is 0.165. The van der Waals surface area contributed by atoms with E-state index in [1.54, 1.807) is 6.20 Å². The largest absolute Gasteiger partial charge is 0.371 e. The predicted molar refractivity (Wildman–Crippen MR) is 137 cm³/mol. The number of anilines is 4. The van der Waals surface area contributed by atoms with Gasteiger partial charge in [0.05, 0.1) is 6.20 Å². The molecule has 2 fully saturated rings. The first kappa shape index (κ1) is 22.2. The van der Waals surface area contributed by atoms with Crippen LogP contribution in [-0.2, 0) is 0 Å². The fourth-order valence-electron chi connectivity index (χ4n) is 5.01. The van der Waals surface area contributed by atoms with Crippen molar-refractivity contribution in [2.75, 3.05) is 41.3 Å². The van der Waals surface area contributed by atoms with Gasteiger partial charge in [-0.15, -0.1) is 0 Å². The van der Waals surface area contributed by atoms with Crippen LogP contribution in [0.3, 0.4) is 0 Å². The third-order valence-corrected chi connectivity index (χ3v) is 6.93.